The molecule has 0 saturated carbocycles. The van der Waals surface area contributed by atoms with Crippen LogP contribution in [0.4, 0.5) is 11.4 Å². The quantitative estimate of drug-likeness (QED) is 0.528. The highest BCUT2D eigenvalue weighted by molar-refractivity contribution is 6.33. The van der Waals surface area contributed by atoms with Crippen molar-refractivity contribution in [2.24, 2.45) is 0 Å². The van der Waals surface area contributed by atoms with E-state index >= 15 is 0 Å². The van der Waals surface area contributed by atoms with Gasteiger partial charge in [0.05, 0.1) is 9.95 Å². The third-order valence-corrected chi connectivity index (χ3v) is 3.68. The molecule has 3 aromatic rings. The molecule has 25 heavy (non-hydrogen) atoms. The van der Waals surface area contributed by atoms with E-state index in [9.17, 15) is 20.0 Å². The first-order valence-electron chi connectivity index (χ1n) is 7.08. The number of halogens is 1. The molecule has 126 valence electrons. The summed E-state index contributed by atoms with van der Waals surface area (Å²) in [6, 6.07) is 13.1. The number of rotatable bonds is 4. The van der Waals surface area contributed by atoms with Crippen LogP contribution < -0.4 is 5.32 Å². The Hall–Kier alpha value is -3.32. The van der Waals surface area contributed by atoms with Gasteiger partial charge in [-0.1, -0.05) is 17.7 Å². The fourth-order valence-electron chi connectivity index (χ4n) is 2.20. The zero-order chi connectivity index (χ0) is 18.0. The van der Waals surface area contributed by atoms with Gasteiger partial charge in [-0.2, -0.15) is 0 Å². The molecule has 0 radical (unpaired) electrons. The van der Waals surface area contributed by atoms with E-state index in [0.717, 1.165) is 0 Å². The zero-order valence-corrected chi connectivity index (χ0v) is 13.4. The molecule has 2 N–H and O–H groups in total. The van der Waals surface area contributed by atoms with Crippen LogP contribution in [0.25, 0.3) is 11.3 Å². The number of nitrogens with zero attached hydrogens (tertiary/aromatic N) is 1. The van der Waals surface area contributed by atoms with Crippen molar-refractivity contribution in [3.63, 3.8) is 0 Å². The molecule has 0 saturated heterocycles. The second-order valence-electron chi connectivity index (χ2n) is 5.09. The van der Waals surface area contributed by atoms with Crippen molar-refractivity contribution in [1.82, 2.24) is 0 Å². The lowest BCUT2D eigenvalue weighted by Gasteiger charge is -2.04. The first kappa shape index (κ1) is 16.5. The Morgan fingerprint density at radius 2 is 1.96 bits per heavy atom. The van der Waals surface area contributed by atoms with Crippen LogP contribution in [0, 0.1) is 10.1 Å². The van der Waals surface area contributed by atoms with Crippen LogP contribution in [0.3, 0.4) is 0 Å². The van der Waals surface area contributed by atoms with E-state index in [2.05, 4.69) is 5.32 Å². The predicted molar refractivity (Wildman–Crippen MR) is 91.9 cm³/mol. The lowest BCUT2D eigenvalue weighted by Crippen LogP contribution is -2.10. The summed E-state index contributed by atoms with van der Waals surface area (Å²) in [5.74, 6) is -0.140. The van der Waals surface area contributed by atoms with E-state index < -0.39 is 10.8 Å². The van der Waals surface area contributed by atoms with Crippen LogP contribution in [0.1, 0.15) is 10.6 Å². The number of aromatic hydroxyl groups is 1. The van der Waals surface area contributed by atoms with Gasteiger partial charge in [-0.15, -0.1) is 0 Å². The van der Waals surface area contributed by atoms with Gasteiger partial charge in [0, 0.05) is 29.4 Å². The summed E-state index contributed by atoms with van der Waals surface area (Å²) in [4.78, 5) is 22.4. The van der Waals surface area contributed by atoms with Crippen molar-refractivity contribution in [3.05, 3.63) is 75.5 Å². The van der Waals surface area contributed by atoms with Crippen molar-refractivity contribution in [3.8, 4) is 17.1 Å². The minimum atomic E-state index is -0.550. The molecule has 0 fully saturated rings. The zero-order valence-electron chi connectivity index (χ0n) is 12.6. The molecular weight excluding hydrogens is 348 g/mol. The molecule has 0 atom stereocenters. The minimum Gasteiger partial charge on any atom is -0.508 e. The Labute approximate surface area is 146 Å². The van der Waals surface area contributed by atoms with Crippen LogP contribution in [0.15, 0.2) is 59.0 Å². The molecule has 0 unspecified atom stereocenters. The number of nitro benzene ring substituents is 1. The molecule has 0 bridgehead atoms. The summed E-state index contributed by atoms with van der Waals surface area (Å²) in [5, 5.41) is 22.9. The Morgan fingerprint density at radius 3 is 2.64 bits per heavy atom. The van der Waals surface area contributed by atoms with E-state index in [1.165, 1.54) is 36.4 Å². The lowest BCUT2D eigenvalue weighted by molar-refractivity contribution is -0.384. The number of carbonyl (C=O) groups excluding carboxylic acids is 1. The Balaban J connectivity index is 1.82. The molecule has 0 aliphatic heterocycles. The number of amides is 1. The normalized spacial score (nSPS) is 10.4. The van der Waals surface area contributed by atoms with Crippen molar-refractivity contribution in [1.29, 1.82) is 0 Å². The summed E-state index contributed by atoms with van der Waals surface area (Å²) >= 11 is 6.05. The predicted octanol–water partition coefficient (Wildman–Crippen LogP) is 4.47. The largest absolute Gasteiger partial charge is 0.508 e. The molecule has 0 aliphatic rings. The monoisotopic (exact) mass is 358 g/mol. The maximum Gasteiger partial charge on any atom is 0.291 e. The first-order chi connectivity index (χ1) is 11.9. The Morgan fingerprint density at radius 1 is 1.16 bits per heavy atom. The van der Waals surface area contributed by atoms with E-state index in [1.807, 2.05) is 0 Å². The number of anilines is 1. The topological polar surface area (TPSA) is 106 Å². The summed E-state index contributed by atoms with van der Waals surface area (Å²) < 4.78 is 5.49. The van der Waals surface area contributed by atoms with Crippen LogP contribution in [-0.4, -0.2) is 15.9 Å². The van der Waals surface area contributed by atoms with Crippen LogP contribution >= 0.6 is 11.6 Å². The minimum absolute atomic E-state index is 0.0237. The number of hydrogen-bond donors (Lipinski definition) is 2. The Bertz CT molecular complexity index is 967. The van der Waals surface area contributed by atoms with Crippen molar-refractivity contribution in [2.75, 3.05) is 5.32 Å². The summed E-state index contributed by atoms with van der Waals surface area (Å²) in [5.41, 5.74) is 0.710. The van der Waals surface area contributed by atoms with Crippen molar-refractivity contribution >= 4 is 28.9 Å². The van der Waals surface area contributed by atoms with Crippen LogP contribution in [0.5, 0.6) is 5.75 Å². The van der Waals surface area contributed by atoms with Crippen LogP contribution in [0.2, 0.25) is 5.02 Å². The van der Waals surface area contributed by atoms with E-state index in [0.29, 0.717) is 17.0 Å². The van der Waals surface area contributed by atoms with E-state index in [1.54, 1.807) is 18.2 Å². The average Bonchev–Trinajstić information content (AvgIpc) is 3.04. The average molecular weight is 359 g/mol. The van der Waals surface area contributed by atoms with Gasteiger partial charge < -0.3 is 14.8 Å². The van der Waals surface area contributed by atoms with Crippen LogP contribution in [-0.2, 0) is 0 Å². The second-order valence-corrected chi connectivity index (χ2v) is 5.50. The maximum atomic E-state index is 12.2. The number of carbonyl (C=O) groups is 1. The number of nitrogens with one attached hydrogen (secondary N) is 1. The number of furan rings is 1. The van der Waals surface area contributed by atoms with Gasteiger partial charge in [-0.3, -0.25) is 14.9 Å². The summed E-state index contributed by atoms with van der Waals surface area (Å²) in [7, 11) is 0. The fraction of sp³-hybridized carbons (Fsp3) is 0. The third kappa shape index (κ3) is 3.61. The third-order valence-electron chi connectivity index (χ3n) is 3.36. The molecule has 1 aromatic heterocycles. The number of non-ortho nitro benzene ring substituents is 1. The van der Waals surface area contributed by atoms with Gasteiger partial charge in [0.2, 0.25) is 0 Å². The molecular formula is C17H11ClN2O5. The number of hydrogen-bond acceptors (Lipinski definition) is 5. The number of benzene rings is 2. The highest BCUT2D eigenvalue weighted by Gasteiger charge is 2.16. The molecule has 0 aliphatic carbocycles. The smallest absolute Gasteiger partial charge is 0.291 e. The first-order valence-corrected chi connectivity index (χ1v) is 7.46. The number of phenols is 1. The SMILES string of the molecule is O=C(Nc1cccc(O)c1)c1ccc(-c2ccc([N+](=O)[O-])cc2Cl)o1. The van der Waals surface area contributed by atoms with Crippen molar-refractivity contribution in [2.45, 2.75) is 0 Å². The summed E-state index contributed by atoms with van der Waals surface area (Å²) in [6.45, 7) is 0. The number of nitro groups is 1. The van der Waals surface area contributed by atoms with Gasteiger partial charge in [0.1, 0.15) is 11.5 Å². The fourth-order valence-corrected chi connectivity index (χ4v) is 2.47. The molecule has 2 aromatic carbocycles. The molecule has 7 nitrogen and oxygen atoms in total. The molecule has 3 rings (SSSR count). The van der Waals surface area contributed by atoms with Gasteiger partial charge >= 0.3 is 0 Å². The van der Waals surface area contributed by atoms with E-state index in [-0.39, 0.29) is 22.2 Å². The van der Waals surface area contributed by atoms with Gasteiger partial charge in [-0.05, 0) is 30.3 Å². The Kier molecular flexibility index (Phi) is 4.40. The maximum absolute atomic E-state index is 12.2. The highest BCUT2D eigenvalue weighted by atomic mass is 35.5. The molecule has 1 amide bonds. The van der Waals surface area contributed by atoms with Gasteiger partial charge in [0.15, 0.2) is 5.76 Å². The van der Waals surface area contributed by atoms with Crippen molar-refractivity contribution < 1.29 is 19.2 Å². The molecule has 0 spiro atoms. The standard InChI is InChI=1S/C17H11ClN2O5/c18-14-9-11(20(23)24)4-5-13(14)15-6-7-16(25-15)17(22)19-10-2-1-3-12(21)8-10/h1-9,21H,(H,19,22). The van der Waals surface area contributed by atoms with Gasteiger partial charge in [0.25, 0.3) is 11.6 Å². The van der Waals surface area contributed by atoms with E-state index in [4.69, 9.17) is 16.0 Å². The highest BCUT2D eigenvalue weighted by Crippen LogP contribution is 2.32. The molecule has 8 heteroatoms. The lowest BCUT2D eigenvalue weighted by atomic mass is 10.1. The second kappa shape index (κ2) is 6.66. The molecule has 1 heterocycles. The summed E-state index contributed by atoms with van der Waals surface area (Å²) in [6.07, 6.45) is 0. The number of phenolic OH excluding ortho intramolecular Hbond substituents is 1. The van der Waals surface area contributed by atoms with Gasteiger partial charge in [-0.25, -0.2) is 0 Å².